The van der Waals surface area contributed by atoms with E-state index in [1.165, 1.54) is 6.92 Å². The number of rotatable bonds is 7. The summed E-state index contributed by atoms with van der Waals surface area (Å²) in [6, 6.07) is -1.33. The van der Waals surface area contributed by atoms with Crippen LogP contribution in [-0.2, 0) is 14.4 Å². The number of carboxylic acids is 1. The second-order valence-electron chi connectivity index (χ2n) is 10.3. The lowest BCUT2D eigenvalue weighted by molar-refractivity contribution is -0.141. The normalized spacial score (nSPS) is 23.1. The van der Waals surface area contributed by atoms with E-state index in [1.807, 2.05) is 41.7 Å². The molecule has 2 amide bonds. The fraction of sp³-hybridized carbons (Fsp3) is 0.783. The molecule has 0 bridgehead atoms. The van der Waals surface area contributed by atoms with Gasteiger partial charge in [-0.05, 0) is 50.6 Å². The maximum absolute atomic E-state index is 13.5. The molecule has 0 aliphatic carbocycles. The van der Waals surface area contributed by atoms with Crippen LogP contribution in [0.4, 0.5) is 0 Å². The van der Waals surface area contributed by atoms with Crippen molar-refractivity contribution >= 4 is 17.8 Å². The van der Waals surface area contributed by atoms with Gasteiger partial charge in [0.15, 0.2) is 0 Å². The zero-order valence-electron chi connectivity index (χ0n) is 20.2. The van der Waals surface area contributed by atoms with Crippen molar-refractivity contribution in [2.75, 3.05) is 20.6 Å². The van der Waals surface area contributed by atoms with Crippen LogP contribution in [0.5, 0.6) is 0 Å². The van der Waals surface area contributed by atoms with Gasteiger partial charge in [-0.3, -0.25) is 14.5 Å². The second-order valence-corrected chi connectivity index (χ2v) is 10.3. The average Bonchev–Trinajstić information content (AvgIpc) is 2.63. The molecular formula is C23H41N3O4. The molecule has 2 N–H and O–H groups in total. The molecule has 1 saturated heterocycles. The molecule has 7 heteroatoms. The number of nitrogens with zero attached hydrogens (tertiary/aromatic N) is 2. The fourth-order valence-corrected chi connectivity index (χ4v) is 3.88. The van der Waals surface area contributed by atoms with E-state index in [1.54, 1.807) is 18.0 Å². The van der Waals surface area contributed by atoms with E-state index in [2.05, 4.69) is 17.1 Å². The van der Waals surface area contributed by atoms with Gasteiger partial charge in [-0.25, -0.2) is 4.79 Å². The number of hydrogen-bond donors (Lipinski definition) is 2. The molecule has 7 nitrogen and oxygen atoms in total. The van der Waals surface area contributed by atoms with Gasteiger partial charge >= 0.3 is 5.97 Å². The van der Waals surface area contributed by atoms with Gasteiger partial charge in [0.2, 0.25) is 11.8 Å². The number of nitrogens with one attached hydrogen (secondary N) is 1. The smallest absolute Gasteiger partial charge is 0.331 e. The second kappa shape index (κ2) is 10.4. The quantitative estimate of drug-likeness (QED) is 0.615. The predicted octanol–water partition coefficient (Wildman–Crippen LogP) is 2.76. The van der Waals surface area contributed by atoms with Crippen LogP contribution in [0.25, 0.3) is 0 Å². The molecule has 1 rings (SSSR count). The highest BCUT2D eigenvalue weighted by atomic mass is 16.4. The Kier molecular flexibility index (Phi) is 9.08. The highest BCUT2D eigenvalue weighted by Gasteiger charge is 2.39. The minimum atomic E-state index is -1.00. The van der Waals surface area contributed by atoms with Crippen molar-refractivity contribution in [3.8, 4) is 0 Å². The van der Waals surface area contributed by atoms with Gasteiger partial charge in [0.05, 0.1) is 12.1 Å². The van der Waals surface area contributed by atoms with Crippen molar-refractivity contribution in [1.82, 2.24) is 15.1 Å². The first-order valence-corrected chi connectivity index (χ1v) is 10.9. The van der Waals surface area contributed by atoms with E-state index in [9.17, 15) is 19.5 Å². The van der Waals surface area contributed by atoms with E-state index in [0.29, 0.717) is 5.92 Å². The minimum absolute atomic E-state index is 0.0231. The molecule has 0 aromatic carbocycles. The van der Waals surface area contributed by atoms with Crippen LogP contribution in [0, 0.1) is 17.3 Å². The highest BCUT2D eigenvalue weighted by Crippen LogP contribution is 2.26. The Bertz CT molecular complexity index is 666. The van der Waals surface area contributed by atoms with Gasteiger partial charge in [0, 0.05) is 12.6 Å². The van der Waals surface area contributed by atoms with Crippen LogP contribution in [0.2, 0.25) is 0 Å². The van der Waals surface area contributed by atoms with Gasteiger partial charge in [-0.2, -0.15) is 0 Å². The van der Waals surface area contributed by atoms with Crippen molar-refractivity contribution in [2.45, 2.75) is 79.4 Å². The summed E-state index contributed by atoms with van der Waals surface area (Å²) in [5.74, 6) is -0.844. The molecule has 172 valence electrons. The van der Waals surface area contributed by atoms with Crippen molar-refractivity contribution in [2.24, 2.45) is 17.3 Å². The standard InChI is InChI=1S/C23H41N3O4/c1-14(2)17(13-16(4)22(29)30)26(9)21(28)19(23(5,6)7)24-20(27)18-12-15(3)10-11-25(18)8/h13-15,17-19H,10-12H2,1-9H3,(H,24,27)(H,29,30)/t15-,17-,18+,19-/m1/s1. The lowest BCUT2D eigenvalue weighted by Gasteiger charge is -2.40. The summed E-state index contributed by atoms with van der Waals surface area (Å²) in [5.41, 5.74) is -0.296. The van der Waals surface area contributed by atoms with E-state index < -0.39 is 17.4 Å². The molecule has 0 aromatic rings. The zero-order valence-corrected chi connectivity index (χ0v) is 20.2. The summed E-state index contributed by atoms with van der Waals surface area (Å²) in [4.78, 5) is 41.5. The molecule has 30 heavy (non-hydrogen) atoms. The maximum Gasteiger partial charge on any atom is 0.331 e. The Labute approximate surface area is 181 Å². The highest BCUT2D eigenvalue weighted by molar-refractivity contribution is 5.91. The third-order valence-corrected chi connectivity index (χ3v) is 6.07. The van der Waals surface area contributed by atoms with E-state index >= 15 is 0 Å². The average molecular weight is 424 g/mol. The Hall–Kier alpha value is -1.89. The monoisotopic (exact) mass is 423 g/mol. The van der Waals surface area contributed by atoms with E-state index in [-0.39, 0.29) is 35.4 Å². The van der Waals surface area contributed by atoms with Crippen LogP contribution >= 0.6 is 0 Å². The SMILES string of the molecule is CC(=C[C@H](C(C)C)N(C)C(=O)[C@@H](NC(=O)[C@@H]1C[C@H](C)CCN1C)C(C)(C)C)C(=O)O. The summed E-state index contributed by atoms with van der Waals surface area (Å²) in [6.07, 6.45) is 3.46. The van der Waals surface area contributed by atoms with Gasteiger partial charge < -0.3 is 15.3 Å². The largest absolute Gasteiger partial charge is 0.478 e. The number of carboxylic acid groups (broad SMARTS) is 1. The van der Waals surface area contributed by atoms with Gasteiger partial charge in [-0.15, -0.1) is 0 Å². The summed E-state index contributed by atoms with van der Waals surface area (Å²) in [6.45, 7) is 14.2. The Morgan fingerprint density at radius 1 is 1.23 bits per heavy atom. The van der Waals surface area contributed by atoms with Crippen LogP contribution in [0.15, 0.2) is 11.6 Å². The Morgan fingerprint density at radius 3 is 2.27 bits per heavy atom. The summed E-state index contributed by atoms with van der Waals surface area (Å²) in [7, 11) is 3.63. The molecule has 0 radical (unpaired) electrons. The van der Waals surface area contributed by atoms with Crippen LogP contribution < -0.4 is 5.32 Å². The lowest BCUT2D eigenvalue weighted by atomic mass is 9.84. The van der Waals surface area contributed by atoms with Gasteiger partial charge in [-0.1, -0.05) is 47.6 Å². The summed E-state index contributed by atoms with van der Waals surface area (Å²) in [5, 5.41) is 12.3. The van der Waals surface area contributed by atoms with Crippen molar-refractivity contribution < 1.29 is 19.5 Å². The third kappa shape index (κ3) is 6.83. The molecule has 1 aliphatic rings. The number of carbonyl (C=O) groups excluding carboxylic acids is 2. The van der Waals surface area contributed by atoms with Crippen molar-refractivity contribution in [3.05, 3.63) is 11.6 Å². The number of hydrogen-bond acceptors (Lipinski definition) is 4. The van der Waals surface area contributed by atoms with Crippen LogP contribution in [0.1, 0.15) is 61.3 Å². The molecule has 0 aromatic heterocycles. The summed E-state index contributed by atoms with van der Waals surface area (Å²) >= 11 is 0. The number of likely N-dealkylation sites (N-methyl/N-ethyl adjacent to an activating group) is 2. The Morgan fingerprint density at radius 2 is 1.80 bits per heavy atom. The minimum Gasteiger partial charge on any atom is -0.478 e. The van der Waals surface area contributed by atoms with Crippen LogP contribution in [-0.4, -0.2) is 71.5 Å². The molecule has 0 spiro atoms. The Balaban J connectivity index is 3.12. The topological polar surface area (TPSA) is 90.0 Å². The first-order chi connectivity index (χ1) is 13.7. The van der Waals surface area contributed by atoms with E-state index in [0.717, 1.165) is 19.4 Å². The molecule has 0 saturated carbocycles. The number of carbonyl (C=O) groups is 3. The van der Waals surface area contributed by atoms with Gasteiger partial charge in [0.1, 0.15) is 6.04 Å². The predicted molar refractivity (Wildman–Crippen MR) is 119 cm³/mol. The molecular weight excluding hydrogens is 382 g/mol. The summed E-state index contributed by atoms with van der Waals surface area (Å²) < 4.78 is 0. The van der Waals surface area contributed by atoms with Gasteiger partial charge in [0.25, 0.3) is 0 Å². The fourth-order valence-electron chi connectivity index (χ4n) is 3.88. The van der Waals surface area contributed by atoms with E-state index in [4.69, 9.17) is 0 Å². The first kappa shape index (κ1) is 26.1. The van der Waals surface area contributed by atoms with Crippen molar-refractivity contribution in [1.29, 1.82) is 0 Å². The number of amides is 2. The molecule has 4 atom stereocenters. The van der Waals surface area contributed by atoms with Crippen LogP contribution in [0.3, 0.4) is 0 Å². The number of piperidine rings is 1. The molecule has 0 unspecified atom stereocenters. The number of aliphatic carboxylic acids is 1. The molecule has 1 heterocycles. The number of likely N-dealkylation sites (tertiary alicyclic amines) is 1. The maximum atomic E-state index is 13.5. The third-order valence-electron chi connectivity index (χ3n) is 6.07. The molecule has 1 aliphatic heterocycles. The zero-order chi connectivity index (χ0) is 23.4. The molecule has 1 fully saturated rings. The van der Waals surface area contributed by atoms with Crippen molar-refractivity contribution in [3.63, 3.8) is 0 Å². The lowest BCUT2D eigenvalue weighted by Crippen LogP contribution is -2.60. The first-order valence-electron chi connectivity index (χ1n) is 10.9.